The Balaban J connectivity index is 0.989. The molecular weight excluding hydrogens is 857 g/mol. The number of imidazole rings is 2. The van der Waals surface area contributed by atoms with Crippen LogP contribution >= 0.6 is 0 Å². The van der Waals surface area contributed by atoms with E-state index in [4.69, 9.17) is 19.4 Å². The van der Waals surface area contributed by atoms with E-state index in [0.717, 1.165) is 85.1 Å². The first-order valence-electron chi connectivity index (χ1n) is 23.4. The van der Waals surface area contributed by atoms with Gasteiger partial charge in [-0.1, -0.05) is 99.7 Å². The Morgan fingerprint density at radius 3 is 2.13 bits per heavy atom. The van der Waals surface area contributed by atoms with E-state index in [0.29, 0.717) is 37.8 Å². The second-order valence-electron chi connectivity index (χ2n) is 18.4. The number of ether oxygens (including phenoxy) is 2. The lowest BCUT2D eigenvalue weighted by Gasteiger charge is -2.31. The third-order valence-corrected chi connectivity index (χ3v) is 13.7. The number of H-pyrrole nitrogens is 2. The monoisotopic (exact) mass is 914 g/mol. The first kappa shape index (κ1) is 45.8. The van der Waals surface area contributed by atoms with Gasteiger partial charge in [-0.2, -0.15) is 0 Å². The van der Waals surface area contributed by atoms with E-state index in [1.807, 2.05) is 56.3 Å². The van der Waals surface area contributed by atoms with Crippen molar-refractivity contribution in [1.29, 1.82) is 0 Å². The van der Waals surface area contributed by atoms with Crippen molar-refractivity contribution >= 4 is 67.4 Å². The highest BCUT2D eigenvalue weighted by molar-refractivity contribution is 6.07. The summed E-state index contributed by atoms with van der Waals surface area (Å²) in [5.74, 6) is 0.355. The Kier molecular flexibility index (Phi) is 13.1. The van der Waals surface area contributed by atoms with Gasteiger partial charge in [0.25, 0.3) is 5.91 Å². The number of aromatic nitrogens is 4. The molecule has 14 heteroatoms. The van der Waals surface area contributed by atoms with Crippen molar-refractivity contribution in [1.82, 2.24) is 40.4 Å². The minimum atomic E-state index is -0.856. The van der Waals surface area contributed by atoms with Gasteiger partial charge in [0, 0.05) is 42.8 Å². The van der Waals surface area contributed by atoms with Crippen LogP contribution in [0.5, 0.6) is 0 Å². The number of hydrogen-bond acceptors (Lipinski definition) is 8. The predicted octanol–water partition coefficient (Wildman–Crippen LogP) is 9.06. The minimum absolute atomic E-state index is 0.0772. The first-order chi connectivity index (χ1) is 33.0. The van der Waals surface area contributed by atoms with E-state index in [-0.39, 0.29) is 42.0 Å². The zero-order valence-corrected chi connectivity index (χ0v) is 39.0. The summed E-state index contributed by atoms with van der Waals surface area (Å²) in [7, 11) is 2.93. The molecule has 1 aliphatic heterocycles. The molecule has 2 aliphatic rings. The van der Waals surface area contributed by atoms with Gasteiger partial charge in [-0.25, -0.2) is 14.8 Å². The Hall–Kier alpha value is -7.32. The Morgan fingerprint density at radius 1 is 0.868 bits per heavy atom. The number of alkyl carbamates (subject to hydrolysis) is 1. The van der Waals surface area contributed by atoms with Gasteiger partial charge in [0.2, 0.25) is 11.8 Å². The number of carbonyl (C=O) groups is 4. The summed E-state index contributed by atoms with van der Waals surface area (Å²) in [5.41, 5.74) is 6.93. The van der Waals surface area contributed by atoms with Gasteiger partial charge >= 0.3 is 6.09 Å². The van der Waals surface area contributed by atoms with Gasteiger partial charge in [-0.15, -0.1) is 6.58 Å². The van der Waals surface area contributed by atoms with Gasteiger partial charge in [0.1, 0.15) is 29.8 Å². The number of hydrogen-bond donors (Lipinski definition) is 4. The standard InChI is InChI=1S/C54H58N8O6/c1-7-8-25-61(52(64)45(31(2)3)60-54(66)68-6)29-44-55-42-23-19-37-26-35(17-21-40(37)47(42)57-44)36-18-22-41-38(27-36)20-24-43-48(41)58-50(56-43)49-32(4)39(30-67-5)28-62(49)53(65)46(33-13-10-9-11-14-33)59-51(63)34-15-12-16-34/h7,9-11,13-14,17-24,26-27,31,34,39,45-46,49H,1,4,8,12,15-16,25,28-30H2,2-3,5-6H3,(H,55,57)(H,56,58)(H,59,63)(H,60,66)/t39-,45-,46+,49-/m0/s1. The SMILES string of the molecule is C=CCCN(Cc1nc2ccc3cc(-c4ccc5c(ccc6nc([C@@H]7C(=C)[C@H](COC)CN7C(=O)[C@H](NC(=O)C7CCC7)c7ccccc7)[nH]c65)c4)ccc3c2[nH]1)C(=O)[C@@H](NC(=O)OC)C(C)C. The van der Waals surface area contributed by atoms with E-state index in [1.165, 1.54) is 7.11 Å². The number of nitrogens with one attached hydrogen (secondary N) is 4. The lowest BCUT2D eigenvalue weighted by atomic mass is 9.84. The van der Waals surface area contributed by atoms with Crippen molar-refractivity contribution in [2.45, 2.75) is 64.2 Å². The molecule has 14 nitrogen and oxygen atoms in total. The fourth-order valence-corrected chi connectivity index (χ4v) is 9.66. The largest absolute Gasteiger partial charge is 0.453 e. The number of aromatic amines is 2. The van der Waals surface area contributed by atoms with Crippen LogP contribution in [-0.4, -0.2) is 93.5 Å². The van der Waals surface area contributed by atoms with E-state index < -0.39 is 24.2 Å². The number of nitrogens with zero attached hydrogens (tertiary/aromatic N) is 4. The number of rotatable bonds is 16. The fourth-order valence-electron chi connectivity index (χ4n) is 9.66. The Bertz CT molecular complexity index is 3060. The van der Waals surface area contributed by atoms with Crippen LogP contribution in [-0.2, 0) is 30.4 Å². The molecule has 4 atom stereocenters. The van der Waals surface area contributed by atoms with Crippen molar-refractivity contribution in [2.75, 3.05) is 33.9 Å². The van der Waals surface area contributed by atoms with Gasteiger partial charge in [-0.3, -0.25) is 14.4 Å². The molecule has 4 N–H and O–H groups in total. The summed E-state index contributed by atoms with van der Waals surface area (Å²) >= 11 is 0. The molecule has 350 valence electrons. The number of fused-ring (bicyclic) bond motifs is 6. The Labute approximate surface area is 395 Å². The van der Waals surface area contributed by atoms with E-state index in [1.54, 1.807) is 23.0 Å². The summed E-state index contributed by atoms with van der Waals surface area (Å²) in [4.78, 5) is 74.5. The van der Waals surface area contributed by atoms with Crippen molar-refractivity contribution < 1.29 is 28.7 Å². The third kappa shape index (κ3) is 8.95. The van der Waals surface area contributed by atoms with Crippen LogP contribution in [0.3, 0.4) is 0 Å². The normalized spacial score (nSPS) is 17.1. The van der Waals surface area contributed by atoms with Crippen molar-refractivity contribution in [3.8, 4) is 11.1 Å². The molecule has 2 aromatic heterocycles. The predicted molar refractivity (Wildman–Crippen MR) is 264 cm³/mol. The molecule has 68 heavy (non-hydrogen) atoms. The highest BCUT2D eigenvalue weighted by Crippen LogP contribution is 2.42. The van der Waals surface area contributed by atoms with Crippen LogP contribution in [0.25, 0.3) is 54.7 Å². The summed E-state index contributed by atoms with van der Waals surface area (Å²) < 4.78 is 10.4. The zero-order chi connectivity index (χ0) is 47.6. The first-order valence-corrected chi connectivity index (χ1v) is 23.4. The molecule has 1 saturated heterocycles. The molecular formula is C54H58N8O6. The van der Waals surface area contributed by atoms with Crippen LogP contribution in [0.15, 0.2) is 116 Å². The van der Waals surface area contributed by atoms with Crippen molar-refractivity contribution in [3.63, 3.8) is 0 Å². The molecule has 1 saturated carbocycles. The number of carbonyl (C=O) groups excluding carboxylic acids is 4. The fraction of sp³-hybridized carbons (Fsp3) is 0.333. The highest BCUT2D eigenvalue weighted by Gasteiger charge is 2.44. The zero-order valence-electron chi connectivity index (χ0n) is 39.0. The average Bonchev–Trinajstić information content (AvgIpc) is 4.05. The van der Waals surface area contributed by atoms with Gasteiger partial charge in [-0.05, 0) is 82.5 Å². The van der Waals surface area contributed by atoms with Crippen LogP contribution in [0.4, 0.5) is 4.79 Å². The van der Waals surface area contributed by atoms with Gasteiger partial charge < -0.3 is 39.9 Å². The second-order valence-corrected chi connectivity index (χ2v) is 18.4. The third-order valence-electron chi connectivity index (χ3n) is 13.7. The molecule has 3 heterocycles. The molecule has 5 aromatic carbocycles. The molecule has 9 rings (SSSR count). The summed E-state index contributed by atoms with van der Waals surface area (Å²) in [6, 6.07) is 28.1. The lowest BCUT2D eigenvalue weighted by Crippen LogP contribution is -2.51. The number of benzene rings is 5. The summed E-state index contributed by atoms with van der Waals surface area (Å²) in [5, 5.41) is 9.84. The number of methoxy groups -OCH3 is 2. The van der Waals surface area contributed by atoms with Crippen molar-refractivity contribution in [2.24, 2.45) is 17.8 Å². The Morgan fingerprint density at radius 2 is 1.53 bits per heavy atom. The molecule has 0 unspecified atom stereocenters. The molecule has 2 fully saturated rings. The topological polar surface area (TPSA) is 175 Å². The van der Waals surface area contributed by atoms with Gasteiger partial charge in [0.15, 0.2) is 0 Å². The molecule has 1 aliphatic carbocycles. The van der Waals surface area contributed by atoms with E-state index in [2.05, 4.69) is 82.3 Å². The average molecular weight is 915 g/mol. The number of likely N-dealkylation sites (tertiary alicyclic amines) is 1. The van der Waals surface area contributed by atoms with Gasteiger partial charge in [0.05, 0.1) is 42.3 Å². The van der Waals surface area contributed by atoms with Crippen molar-refractivity contribution in [3.05, 3.63) is 133 Å². The maximum atomic E-state index is 14.8. The smallest absolute Gasteiger partial charge is 0.407 e. The summed E-state index contributed by atoms with van der Waals surface area (Å²) in [6.45, 7) is 13.5. The molecule has 0 radical (unpaired) electrons. The lowest BCUT2D eigenvalue weighted by molar-refractivity contribution is -0.139. The number of amides is 4. The molecule has 4 amide bonds. The second kappa shape index (κ2) is 19.5. The minimum Gasteiger partial charge on any atom is -0.453 e. The van der Waals surface area contributed by atoms with Crippen LogP contribution < -0.4 is 10.6 Å². The van der Waals surface area contributed by atoms with Crippen LogP contribution in [0.2, 0.25) is 0 Å². The van der Waals surface area contributed by atoms with Crippen LogP contribution in [0, 0.1) is 17.8 Å². The van der Waals surface area contributed by atoms with Crippen LogP contribution in [0.1, 0.15) is 68.8 Å². The molecule has 0 bridgehead atoms. The maximum absolute atomic E-state index is 14.8. The molecule has 7 aromatic rings. The van der Waals surface area contributed by atoms with E-state index >= 15 is 0 Å². The summed E-state index contributed by atoms with van der Waals surface area (Å²) in [6.07, 6.45) is 4.36. The van der Waals surface area contributed by atoms with E-state index in [9.17, 15) is 19.2 Å². The quantitative estimate of drug-likeness (QED) is 0.0695. The molecule has 0 spiro atoms. The maximum Gasteiger partial charge on any atom is 0.407 e. The highest BCUT2D eigenvalue weighted by atomic mass is 16.5.